The number of carbonyl (C=O) groups is 1. The Morgan fingerprint density at radius 1 is 1.42 bits per heavy atom. The first-order valence-corrected chi connectivity index (χ1v) is 9.53. The first-order valence-electron chi connectivity index (χ1n) is 8.14. The van der Waals surface area contributed by atoms with Crippen LogP contribution in [0.5, 0.6) is 0 Å². The van der Waals surface area contributed by atoms with Crippen LogP contribution >= 0.6 is 11.8 Å². The third kappa shape index (κ3) is 4.29. The fourth-order valence-corrected chi connectivity index (χ4v) is 3.35. The molecule has 3 heterocycles. The molecule has 1 atom stereocenters. The van der Waals surface area contributed by atoms with Crippen molar-refractivity contribution in [2.24, 2.45) is 5.92 Å². The van der Waals surface area contributed by atoms with Crippen LogP contribution in [0.1, 0.15) is 29.2 Å². The molecule has 24 heavy (non-hydrogen) atoms. The van der Waals surface area contributed by atoms with Gasteiger partial charge in [0.15, 0.2) is 5.76 Å². The van der Waals surface area contributed by atoms with E-state index in [4.69, 9.17) is 4.42 Å². The minimum atomic E-state index is -0.143. The van der Waals surface area contributed by atoms with Crippen molar-refractivity contribution in [3.63, 3.8) is 0 Å². The number of anilines is 1. The van der Waals surface area contributed by atoms with E-state index in [2.05, 4.69) is 20.2 Å². The predicted octanol–water partition coefficient (Wildman–Crippen LogP) is 2.58. The summed E-state index contributed by atoms with van der Waals surface area (Å²) >= 11 is 1.67. The normalized spacial score (nSPS) is 17.7. The van der Waals surface area contributed by atoms with Crippen molar-refractivity contribution in [1.29, 1.82) is 0 Å². The molecule has 0 bridgehead atoms. The van der Waals surface area contributed by atoms with Gasteiger partial charge in [0.2, 0.25) is 5.95 Å². The van der Waals surface area contributed by atoms with Crippen LogP contribution in [-0.4, -0.2) is 41.8 Å². The minimum absolute atomic E-state index is 0.143. The number of piperidine rings is 1. The Labute approximate surface area is 146 Å². The SMILES string of the molecule is CSCc1ccc(C(=O)NCC2CCCN(c3ncccn3)C2)o1. The van der Waals surface area contributed by atoms with E-state index in [9.17, 15) is 4.79 Å². The van der Waals surface area contributed by atoms with E-state index < -0.39 is 0 Å². The van der Waals surface area contributed by atoms with Crippen LogP contribution in [-0.2, 0) is 5.75 Å². The van der Waals surface area contributed by atoms with Gasteiger partial charge in [-0.1, -0.05) is 0 Å². The fraction of sp³-hybridized carbons (Fsp3) is 0.471. The van der Waals surface area contributed by atoms with Gasteiger partial charge in [-0.15, -0.1) is 0 Å². The average molecular weight is 346 g/mol. The van der Waals surface area contributed by atoms with Gasteiger partial charge in [0.25, 0.3) is 5.91 Å². The minimum Gasteiger partial charge on any atom is -0.455 e. The van der Waals surface area contributed by atoms with Gasteiger partial charge in [-0.05, 0) is 43.2 Å². The summed E-state index contributed by atoms with van der Waals surface area (Å²) in [5, 5.41) is 2.99. The number of thioether (sulfide) groups is 1. The van der Waals surface area contributed by atoms with Crippen LogP contribution < -0.4 is 10.2 Å². The summed E-state index contributed by atoms with van der Waals surface area (Å²) in [6, 6.07) is 5.42. The molecule has 1 unspecified atom stereocenters. The molecular formula is C17H22N4O2S. The topological polar surface area (TPSA) is 71.3 Å². The zero-order valence-electron chi connectivity index (χ0n) is 13.8. The van der Waals surface area contributed by atoms with E-state index in [0.717, 1.165) is 43.4 Å². The van der Waals surface area contributed by atoms with Crippen molar-refractivity contribution >= 4 is 23.6 Å². The highest BCUT2D eigenvalue weighted by atomic mass is 32.2. The highest BCUT2D eigenvalue weighted by Crippen LogP contribution is 2.19. The Balaban J connectivity index is 1.51. The molecule has 0 aromatic carbocycles. The van der Waals surface area contributed by atoms with Crippen molar-refractivity contribution in [1.82, 2.24) is 15.3 Å². The molecule has 2 aromatic rings. The molecule has 6 nitrogen and oxygen atoms in total. The smallest absolute Gasteiger partial charge is 0.287 e. The van der Waals surface area contributed by atoms with Gasteiger partial charge in [-0.3, -0.25) is 4.79 Å². The van der Waals surface area contributed by atoms with Crippen LogP contribution in [0.3, 0.4) is 0 Å². The number of amides is 1. The first kappa shape index (κ1) is 16.8. The van der Waals surface area contributed by atoms with Crippen LogP contribution in [0.2, 0.25) is 0 Å². The Bertz CT molecular complexity index is 662. The lowest BCUT2D eigenvalue weighted by molar-refractivity contribution is 0.0916. The second-order valence-corrected chi connectivity index (χ2v) is 6.78. The number of nitrogens with one attached hydrogen (secondary N) is 1. The maximum absolute atomic E-state index is 12.2. The number of rotatable bonds is 6. The summed E-state index contributed by atoms with van der Waals surface area (Å²) in [4.78, 5) is 23.0. The largest absolute Gasteiger partial charge is 0.455 e. The first-order chi connectivity index (χ1) is 11.8. The molecule has 0 radical (unpaired) electrons. The van der Waals surface area contributed by atoms with E-state index in [1.807, 2.05) is 18.4 Å². The number of nitrogens with zero attached hydrogens (tertiary/aromatic N) is 3. The predicted molar refractivity (Wildman–Crippen MR) is 95.2 cm³/mol. The summed E-state index contributed by atoms with van der Waals surface area (Å²) in [5.41, 5.74) is 0. The molecular weight excluding hydrogens is 324 g/mol. The van der Waals surface area contributed by atoms with E-state index in [1.54, 1.807) is 30.2 Å². The summed E-state index contributed by atoms with van der Waals surface area (Å²) in [7, 11) is 0. The molecule has 3 rings (SSSR count). The molecule has 2 aromatic heterocycles. The van der Waals surface area contributed by atoms with Crippen molar-refractivity contribution < 1.29 is 9.21 Å². The number of hydrogen-bond acceptors (Lipinski definition) is 6. The fourth-order valence-electron chi connectivity index (χ4n) is 2.91. The summed E-state index contributed by atoms with van der Waals surface area (Å²) in [6.07, 6.45) is 7.71. The Morgan fingerprint density at radius 2 is 2.25 bits per heavy atom. The van der Waals surface area contributed by atoms with Gasteiger partial charge in [0.05, 0.1) is 5.75 Å². The van der Waals surface area contributed by atoms with E-state index in [-0.39, 0.29) is 5.91 Å². The lowest BCUT2D eigenvalue weighted by atomic mass is 9.98. The third-order valence-corrected chi connectivity index (χ3v) is 4.65. The monoisotopic (exact) mass is 346 g/mol. The van der Waals surface area contributed by atoms with Crippen LogP contribution in [0.25, 0.3) is 0 Å². The molecule has 1 aliphatic rings. The Hall–Kier alpha value is -2.02. The quantitative estimate of drug-likeness (QED) is 0.867. The third-order valence-electron chi connectivity index (χ3n) is 4.08. The van der Waals surface area contributed by atoms with Crippen molar-refractivity contribution in [3.05, 3.63) is 42.1 Å². The summed E-state index contributed by atoms with van der Waals surface area (Å²) < 4.78 is 5.55. The lowest BCUT2D eigenvalue weighted by Gasteiger charge is -2.32. The second kappa shape index (κ2) is 8.19. The number of carbonyl (C=O) groups excluding carboxylic acids is 1. The van der Waals surface area contributed by atoms with E-state index in [1.165, 1.54) is 0 Å². The molecule has 1 saturated heterocycles. The molecule has 0 saturated carbocycles. The van der Waals surface area contributed by atoms with Gasteiger partial charge < -0.3 is 14.6 Å². The van der Waals surface area contributed by atoms with Crippen LogP contribution in [0.4, 0.5) is 5.95 Å². The molecule has 1 aliphatic heterocycles. The van der Waals surface area contributed by atoms with Crippen molar-refractivity contribution in [2.75, 3.05) is 30.8 Å². The summed E-state index contributed by atoms with van der Waals surface area (Å²) in [5.74, 6) is 3.02. The van der Waals surface area contributed by atoms with Gasteiger partial charge in [-0.25, -0.2) is 9.97 Å². The molecule has 1 fully saturated rings. The standard InChI is InChI=1S/C17H22N4O2S/c1-24-12-14-5-6-15(23-14)16(22)20-10-13-4-2-9-21(11-13)17-18-7-3-8-19-17/h3,5-8,13H,2,4,9-12H2,1H3,(H,20,22). The zero-order chi connectivity index (χ0) is 16.8. The highest BCUT2D eigenvalue weighted by molar-refractivity contribution is 7.97. The zero-order valence-corrected chi connectivity index (χ0v) is 14.6. The van der Waals surface area contributed by atoms with E-state index >= 15 is 0 Å². The highest BCUT2D eigenvalue weighted by Gasteiger charge is 2.22. The number of furan rings is 1. The van der Waals surface area contributed by atoms with E-state index in [0.29, 0.717) is 18.2 Å². The Kier molecular flexibility index (Phi) is 5.74. The van der Waals surface area contributed by atoms with Crippen molar-refractivity contribution in [3.8, 4) is 0 Å². The van der Waals surface area contributed by atoms with Gasteiger partial charge in [0.1, 0.15) is 5.76 Å². The number of aromatic nitrogens is 2. The lowest BCUT2D eigenvalue weighted by Crippen LogP contribution is -2.41. The molecule has 128 valence electrons. The van der Waals surface area contributed by atoms with Gasteiger partial charge in [-0.2, -0.15) is 11.8 Å². The molecule has 1 N–H and O–H groups in total. The second-order valence-electron chi connectivity index (χ2n) is 5.91. The van der Waals surface area contributed by atoms with Crippen molar-refractivity contribution in [2.45, 2.75) is 18.6 Å². The molecule has 7 heteroatoms. The van der Waals surface area contributed by atoms with Gasteiger partial charge in [0, 0.05) is 32.0 Å². The molecule has 0 spiro atoms. The molecule has 0 aliphatic carbocycles. The average Bonchev–Trinajstić information content (AvgIpc) is 3.10. The van der Waals surface area contributed by atoms with Gasteiger partial charge >= 0.3 is 0 Å². The number of hydrogen-bond donors (Lipinski definition) is 1. The van der Waals surface area contributed by atoms with Crippen LogP contribution in [0, 0.1) is 5.92 Å². The molecule has 1 amide bonds. The van der Waals surface area contributed by atoms with Crippen LogP contribution in [0.15, 0.2) is 35.0 Å². The maximum atomic E-state index is 12.2. The summed E-state index contributed by atoms with van der Waals surface area (Å²) in [6.45, 7) is 2.46. The Morgan fingerprint density at radius 3 is 3.04 bits per heavy atom. The maximum Gasteiger partial charge on any atom is 0.287 e.